The van der Waals surface area contributed by atoms with Crippen molar-refractivity contribution >= 4 is 27.5 Å². The van der Waals surface area contributed by atoms with E-state index in [1.165, 1.54) is 0 Å². The van der Waals surface area contributed by atoms with Gasteiger partial charge in [0, 0.05) is 10.2 Å². The number of carbonyl (C=O) groups is 1. The fraction of sp³-hybridized carbons (Fsp3) is 0.417. The Morgan fingerprint density at radius 3 is 2.75 bits per heavy atom. The van der Waals surface area contributed by atoms with Crippen LogP contribution in [0.25, 0.3) is 0 Å². The highest BCUT2D eigenvalue weighted by atomic mass is 79.9. The molecular formula is C12H15BrN2O. The van der Waals surface area contributed by atoms with E-state index in [0.29, 0.717) is 5.92 Å². The van der Waals surface area contributed by atoms with E-state index in [2.05, 4.69) is 28.2 Å². The first-order valence-electron chi connectivity index (χ1n) is 5.35. The van der Waals surface area contributed by atoms with Crippen LogP contribution in [0.15, 0.2) is 28.7 Å². The van der Waals surface area contributed by atoms with E-state index < -0.39 is 5.54 Å². The van der Waals surface area contributed by atoms with Crippen LogP contribution in [-0.2, 0) is 4.79 Å². The summed E-state index contributed by atoms with van der Waals surface area (Å²) in [7, 11) is 0. The van der Waals surface area contributed by atoms with Crippen molar-refractivity contribution in [2.45, 2.75) is 25.3 Å². The highest BCUT2D eigenvalue weighted by molar-refractivity contribution is 9.10. The van der Waals surface area contributed by atoms with Gasteiger partial charge in [-0.15, -0.1) is 0 Å². The maximum atomic E-state index is 11.5. The molecule has 0 bridgehead atoms. The number of hydrogen-bond donors (Lipinski definition) is 2. The van der Waals surface area contributed by atoms with Crippen LogP contribution in [0.1, 0.15) is 19.8 Å². The number of primary amides is 1. The van der Waals surface area contributed by atoms with Crippen molar-refractivity contribution < 1.29 is 4.79 Å². The van der Waals surface area contributed by atoms with Gasteiger partial charge in [-0.25, -0.2) is 0 Å². The fourth-order valence-electron chi connectivity index (χ4n) is 2.34. The maximum absolute atomic E-state index is 11.5. The summed E-state index contributed by atoms with van der Waals surface area (Å²) in [4.78, 5) is 11.5. The lowest BCUT2D eigenvalue weighted by atomic mass is 9.68. The highest BCUT2D eigenvalue weighted by Crippen LogP contribution is 2.40. The second-order valence-electron chi connectivity index (χ2n) is 4.60. The second-order valence-corrected chi connectivity index (χ2v) is 5.51. The van der Waals surface area contributed by atoms with Gasteiger partial charge in [0.25, 0.3) is 0 Å². The van der Waals surface area contributed by atoms with Gasteiger partial charge >= 0.3 is 0 Å². The predicted octanol–water partition coefficient (Wildman–Crippen LogP) is 2.51. The van der Waals surface area contributed by atoms with Crippen molar-refractivity contribution in [3.63, 3.8) is 0 Å². The van der Waals surface area contributed by atoms with Gasteiger partial charge in [0.15, 0.2) is 0 Å². The number of nitrogens with two attached hydrogens (primary N) is 1. The molecule has 1 aliphatic carbocycles. The lowest BCUT2D eigenvalue weighted by Crippen LogP contribution is -2.58. The Morgan fingerprint density at radius 1 is 1.56 bits per heavy atom. The first-order valence-corrected chi connectivity index (χ1v) is 6.15. The monoisotopic (exact) mass is 282 g/mol. The molecule has 1 aromatic rings. The Bertz CT molecular complexity index is 413. The number of rotatable bonds is 3. The molecular weight excluding hydrogens is 268 g/mol. The maximum Gasteiger partial charge on any atom is 0.243 e. The van der Waals surface area contributed by atoms with E-state index >= 15 is 0 Å². The third kappa shape index (κ3) is 2.07. The molecule has 1 aliphatic rings. The van der Waals surface area contributed by atoms with Crippen LogP contribution >= 0.6 is 15.9 Å². The number of halogens is 1. The van der Waals surface area contributed by atoms with Gasteiger partial charge in [0.05, 0.1) is 0 Å². The number of amides is 1. The van der Waals surface area contributed by atoms with E-state index in [1.807, 2.05) is 24.3 Å². The Morgan fingerprint density at radius 2 is 2.25 bits per heavy atom. The van der Waals surface area contributed by atoms with Crippen LogP contribution in [-0.4, -0.2) is 11.4 Å². The SMILES string of the molecule is CC1CC(Nc2cccc(Br)c2)(C(N)=O)C1. The lowest BCUT2D eigenvalue weighted by Gasteiger charge is -2.45. The molecule has 0 radical (unpaired) electrons. The number of benzene rings is 1. The largest absolute Gasteiger partial charge is 0.371 e. The van der Waals surface area contributed by atoms with Gasteiger partial charge in [-0.1, -0.05) is 28.9 Å². The van der Waals surface area contributed by atoms with Crippen molar-refractivity contribution in [3.8, 4) is 0 Å². The van der Waals surface area contributed by atoms with E-state index in [-0.39, 0.29) is 5.91 Å². The summed E-state index contributed by atoms with van der Waals surface area (Å²) in [6.45, 7) is 2.13. The lowest BCUT2D eigenvalue weighted by molar-refractivity contribution is -0.126. The van der Waals surface area contributed by atoms with Crippen molar-refractivity contribution in [1.82, 2.24) is 0 Å². The van der Waals surface area contributed by atoms with Crippen molar-refractivity contribution in [2.75, 3.05) is 5.32 Å². The van der Waals surface area contributed by atoms with Crippen molar-refractivity contribution in [1.29, 1.82) is 0 Å². The number of anilines is 1. The number of hydrogen-bond acceptors (Lipinski definition) is 2. The average molecular weight is 283 g/mol. The zero-order chi connectivity index (χ0) is 11.8. The Hall–Kier alpha value is -1.03. The molecule has 0 unspecified atom stereocenters. The smallest absolute Gasteiger partial charge is 0.243 e. The van der Waals surface area contributed by atoms with Gasteiger partial charge in [-0.2, -0.15) is 0 Å². The predicted molar refractivity (Wildman–Crippen MR) is 68.1 cm³/mol. The molecule has 1 aromatic carbocycles. The van der Waals surface area contributed by atoms with Crippen LogP contribution in [0, 0.1) is 5.92 Å². The number of nitrogens with one attached hydrogen (secondary N) is 1. The molecule has 3 N–H and O–H groups in total. The van der Waals surface area contributed by atoms with E-state index in [0.717, 1.165) is 23.0 Å². The molecule has 2 rings (SSSR count). The molecule has 86 valence electrons. The first-order chi connectivity index (χ1) is 7.52. The standard InChI is InChI=1S/C12H15BrN2O/c1-8-6-12(7-8,11(14)16)15-10-4-2-3-9(13)5-10/h2-5,8,15H,6-7H2,1H3,(H2,14,16). The summed E-state index contributed by atoms with van der Waals surface area (Å²) >= 11 is 3.40. The fourth-order valence-corrected chi connectivity index (χ4v) is 2.74. The van der Waals surface area contributed by atoms with Gasteiger partial charge in [-0.3, -0.25) is 4.79 Å². The molecule has 0 saturated heterocycles. The van der Waals surface area contributed by atoms with Crippen LogP contribution in [0.4, 0.5) is 5.69 Å². The van der Waals surface area contributed by atoms with Crippen LogP contribution in [0.2, 0.25) is 0 Å². The molecule has 4 heteroatoms. The summed E-state index contributed by atoms with van der Waals surface area (Å²) < 4.78 is 0.990. The summed E-state index contributed by atoms with van der Waals surface area (Å²) in [6, 6.07) is 7.78. The van der Waals surface area contributed by atoms with Gasteiger partial charge in [-0.05, 0) is 37.0 Å². The Labute approximate surface area is 104 Å². The first kappa shape index (κ1) is 11.5. The normalized spacial score (nSPS) is 28.2. The quantitative estimate of drug-likeness (QED) is 0.895. The van der Waals surface area contributed by atoms with E-state index in [9.17, 15) is 4.79 Å². The van der Waals surface area contributed by atoms with Crippen LogP contribution in [0.3, 0.4) is 0 Å². The van der Waals surface area contributed by atoms with E-state index in [4.69, 9.17) is 5.73 Å². The Kier molecular flexibility index (Phi) is 2.93. The van der Waals surface area contributed by atoms with Gasteiger partial charge < -0.3 is 11.1 Å². The van der Waals surface area contributed by atoms with E-state index in [1.54, 1.807) is 0 Å². The third-order valence-corrected chi connectivity index (χ3v) is 3.57. The highest BCUT2D eigenvalue weighted by Gasteiger charge is 2.47. The third-order valence-electron chi connectivity index (χ3n) is 3.07. The summed E-state index contributed by atoms with van der Waals surface area (Å²) in [6.07, 6.45) is 1.63. The Balaban J connectivity index is 2.16. The molecule has 0 aliphatic heterocycles. The molecule has 0 atom stereocenters. The molecule has 1 saturated carbocycles. The van der Waals surface area contributed by atoms with Gasteiger partial charge in [0.2, 0.25) is 5.91 Å². The number of carbonyl (C=O) groups excluding carboxylic acids is 1. The molecule has 16 heavy (non-hydrogen) atoms. The summed E-state index contributed by atoms with van der Waals surface area (Å²) in [5.41, 5.74) is 5.86. The molecule has 0 aromatic heterocycles. The molecule has 0 heterocycles. The minimum Gasteiger partial charge on any atom is -0.371 e. The zero-order valence-electron chi connectivity index (χ0n) is 9.16. The van der Waals surface area contributed by atoms with Gasteiger partial charge in [0.1, 0.15) is 5.54 Å². The van der Waals surface area contributed by atoms with Crippen molar-refractivity contribution in [2.24, 2.45) is 11.7 Å². The minimum absolute atomic E-state index is 0.259. The average Bonchev–Trinajstić information content (AvgIpc) is 2.14. The minimum atomic E-state index is -0.541. The molecule has 1 amide bonds. The molecule has 1 fully saturated rings. The van der Waals surface area contributed by atoms with Crippen molar-refractivity contribution in [3.05, 3.63) is 28.7 Å². The summed E-state index contributed by atoms with van der Waals surface area (Å²) in [5.74, 6) is 0.303. The summed E-state index contributed by atoms with van der Waals surface area (Å²) in [5, 5.41) is 3.26. The van der Waals surface area contributed by atoms with Crippen LogP contribution in [0.5, 0.6) is 0 Å². The van der Waals surface area contributed by atoms with Crippen LogP contribution < -0.4 is 11.1 Å². The second kappa shape index (κ2) is 4.09. The zero-order valence-corrected chi connectivity index (χ0v) is 10.8. The molecule has 0 spiro atoms. The molecule has 3 nitrogen and oxygen atoms in total. The topological polar surface area (TPSA) is 55.1 Å².